The van der Waals surface area contributed by atoms with Crippen LogP contribution in [0.4, 0.5) is 23.3 Å². The Morgan fingerprint density at radius 3 is 2.59 bits per heavy atom. The Morgan fingerprint density at radius 2 is 2.12 bits per heavy atom. The Kier molecular flexibility index (Phi) is 4.02. The van der Waals surface area contributed by atoms with Gasteiger partial charge in [0.25, 0.3) is 0 Å². The van der Waals surface area contributed by atoms with E-state index in [0.717, 1.165) is 0 Å². The van der Waals surface area contributed by atoms with Crippen molar-refractivity contribution in [1.29, 1.82) is 0 Å². The molecule has 0 saturated carbocycles. The summed E-state index contributed by atoms with van der Waals surface area (Å²) in [6, 6.07) is 0. The van der Waals surface area contributed by atoms with Gasteiger partial charge in [0.15, 0.2) is 0 Å². The molecule has 0 aliphatic carbocycles. The van der Waals surface area contributed by atoms with Crippen molar-refractivity contribution in [2.45, 2.75) is 13.8 Å². The van der Waals surface area contributed by atoms with Gasteiger partial charge < -0.3 is 16.4 Å². The van der Waals surface area contributed by atoms with Gasteiger partial charge in [0.05, 0.1) is 4.92 Å². The van der Waals surface area contributed by atoms with Gasteiger partial charge in [-0.15, -0.1) is 0 Å². The Morgan fingerprint density at radius 1 is 1.47 bits per heavy atom. The van der Waals surface area contributed by atoms with Crippen molar-refractivity contribution in [2.24, 2.45) is 5.92 Å². The molecule has 0 aromatic carbocycles. The summed E-state index contributed by atoms with van der Waals surface area (Å²) in [5.41, 5.74) is 5.23. The minimum atomic E-state index is -0.604. The van der Waals surface area contributed by atoms with Crippen LogP contribution in [-0.2, 0) is 0 Å². The molecule has 0 fully saturated rings. The van der Waals surface area contributed by atoms with Gasteiger partial charge in [-0.05, 0) is 5.92 Å². The van der Waals surface area contributed by atoms with Gasteiger partial charge in [-0.2, -0.15) is 9.97 Å². The van der Waals surface area contributed by atoms with E-state index in [1.54, 1.807) is 7.05 Å². The van der Waals surface area contributed by atoms with Gasteiger partial charge in [0.2, 0.25) is 17.6 Å². The second kappa shape index (κ2) is 5.28. The molecule has 8 heteroatoms. The fourth-order valence-corrected chi connectivity index (χ4v) is 1.20. The topological polar surface area (TPSA) is 119 Å². The molecule has 0 saturated heterocycles. The third-order valence-corrected chi connectivity index (χ3v) is 2.00. The first kappa shape index (κ1) is 12.9. The second-order valence-electron chi connectivity index (χ2n) is 3.91. The van der Waals surface area contributed by atoms with Crippen LogP contribution in [0.3, 0.4) is 0 Å². The average molecular weight is 240 g/mol. The average Bonchev–Trinajstić information content (AvgIpc) is 2.24. The quantitative estimate of drug-likeness (QED) is 0.520. The molecule has 1 heterocycles. The number of rotatable bonds is 5. The number of anilines is 3. The standard InChI is InChI=1S/C9H16N6O2/c1-5(2)4-12-9-13-7(10)6(15(16)17)8(11-3)14-9/h5H,4H2,1-3H3,(H4,10,11,12,13,14). The fourth-order valence-electron chi connectivity index (χ4n) is 1.20. The minimum Gasteiger partial charge on any atom is -0.378 e. The first-order valence-electron chi connectivity index (χ1n) is 5.19. The van der Waals surface area contributed by atoms with E-state index in [0.29, 0.717) is 12.5 Å². The van der Waals surface area contributed by atoms with Crippen molar-refractivity contribution < 1.29 is 4.92 Å². The second-order valence-corrected chi connectivity index (χ2v) is 3.91. The highest BCUT2D eigenvalue weighted by Crippen LogP contribution is 2.28. The van der Waals surface area contributed by atoms with Gasteiger partial charge in [-0.1, -0.05) is 13.8 Å². The molecule has 0 amide bonds. The van der Waals surface area contributed by atoms with Crippen LogP contribution in [0.15, 0.2) is 0 Å². The lowest BCUT2D eigenvalue weighted by atomic mass is 10.2. The molecule has 8 nitrogen and oxygen atoms in total. The van der Waals surface area contributed by atoms with Crippen LogP contribution >= 0.6 is 0 Å². The summed E-state index contributed by atoms with van der Waals surface area (Å²) in [5.74, 6) is 0.647. The monoisotopic (exact) mass is 240 g/mol. The predicted octanol–water partition coefficient (Wildman–Crippen LogP) is 1.08. The summed E-state index contributed by atoms with van der Waals surface area (Å²) in [6.07, 6.45) is 0. The van der Waals surface area contributed by atoms with E-state index in [4.69, 9.17) is 5.73 Å². The zero-order chi connectivity index (χ0) is 13.0. The molecule has 0 spiro atoms. The maximum atomic E-state index is 10.8. The third-order valence-electron chi connectivity index (χ3n) is 2.00. The van der Waals surface area contributed by atoms with E-state index in [9.17, 15) is 10.1 Å². The van der Waals surface area contributed by atoms with E-state index in [-0.39, 0.29) is 23.3 Å². The predicted molar refractivity (Wildman–Crippen MR) is 66.0 cm³/mol. The maximum Gasteiger partial charge on any atom is 0.353 e. The molecular formula is C9H16N6O2. The molecule has 1 aromatic rings. The number of nitrogens with two attached hydrogens (primary N) is 1. The summed E-state index contributed by atoms with van der Waals surface area (Å²) in [4.78, 5) is 18.0. The molecule has 0 aliphatic heterocycles. The largest absolute Gasteiger partial charge is 0.378 e. The Bertz CT molecular complexity index is 420. The SMILES string of the molecule is CNc1nc(NCC(C)C)nc(N)c1[N+](=O)[O-]. The number of nitrogens with zero attached hydrogens (tertiary/aromatic N) is 3. The normalized spacial score (nSPS) is 10.4. The van der Waals surface area contributed by atoms with Gasteiger partial charge in [0.1, 0.15) is 0 Å². The highest BCUT2D eigenvalue weighted by atomic mass is 16.6. The highest BCUT2D eigenvalue weighted by molar-refractivity contribution is 5.69. The molecule has 0 aliphatic rings. The Labute approximate surface area is 98.8 Å². The smallest absolute Gasteiger partial charge is 0.353 e. The van der Waals surface area contributed by atoms with Crippen LogP contribution in [0.2, 0.25) is 0 Å². The zero-order valence-electron chi connectivity index (χ0n) is 10.0. The molecule has 0 atom stereocenters. The van der Waals surface area contributed by atoms with Crippen LogP contribution in [0, 0.1) is 16.0 Å². The molecule has 94 valence electrons. The molecule has 4 N–H and O–H groups in total. The summed E-state index contributed by atoms with van der Waals surface area (Å²) < 4.78 is 0. The summed E-state index contributed by atoms with van der Waals surface area (Å²) in [7, 11) is 1.54. The lowest BCUT2D eigenvalue weighted by Gasteiger charge is -2.09. The van der Waals surface area contributed by atoms with Crippen molar-refractivity contribution in [2.75, 3.05) is 30.0 Å². The van der Waals surface area contributed by atoms with Crippen molar-refractivity contribution in [1.82, 2.24) is 9.97 Å². The molecule has 0 radical (unpaired) electrons. The van der Waals surface area contributed by atoms with Crippen LogP contribution < -0.4 is 16.4 Å². The summed E-state index contributed by atoms with van der Waals surface area (Å²) in [6.45, 7) is 4.72. The number of nitrogen functional groups attached to an aromatic ring is 1. The molecule has 0 bridgehead atoms. The van der Waals surface area contributed by atoms with E-state index < -0.39 is 4.92 Å². The van der Waals surface area contributed by atoms with Crippen LogP contribution in [0.25, 0.3) is 0 Å². The van der Waals surface area contributed by atoms with Crippen molar-refractivity contribution >= 4 is 23.3 Å². The number of hydrogen-bond donors (Lipinski definition) is 3. The summed E-state index contributed by atoms with van der Waals surface area (Å²) in [5, 5.41) is 16.4. The number of aromatic nitrogens is 2. The highest BCUT2D eigenvalue weighted by Gasteiger charge is 2.21. The van der Waals surface area contributed by atoms with Crippen LogP contribution in [0.1, 0.15) is 13.8 Å². The zero-order valence-corrected chi connectivity index (χ0v) is 10.0. The van der Waals surface area contributed by atoms with Gasteiger partial charge in [0, 0.05) is 13.6 Å². The number of hydrogen-bond acceptors (Lipinski definition) is 7. The number of nitro groups is 1. The maximum absolute atomic E-state index is 10.8. The molecular weight excluding hydrogens is 224 g/mol. The van der Waals surface area contributed by atoms with E-state index in [2.05, 4.69) is 20.6 Å². The lowest BCUT2D eigenvalue weighted by molar-refractivity contribution is -0.383. The molecule has 1 aromatic heterocycles. The van der Waals surface area contributed by atoms with Crippen molar-refractivity contribution in [3.8, 4) is 0 Å². The molecule has 1 rings (SSSR count). The number of nitrogens with one attached hydrogen (secondary N) is 2. The van der Waals surface area contributed by atoms with Crippen molar-refractivity contribution in [3.05, 3.63) is 10.1 Å². The van der Waals surface area contributed by atoms with Crippen LogP contribution in [0.5, 0.6) is 0 Å². The Hall–Kier alpha value is -2.12. The van der Waals surface area contributed by atoms with Gasteiger partial charge in [-0.3, -0.25) is 10.1 Å². The van der Waals surface area contributed by atoms with Gasteiger partial charge >= 0.3 is 5.69 Å². The van der Waals surface area contributed by atoms with E-state index >= 15 is 0 Å². The van der Waals surface area contributed by atoms with Gasteiger partial charge in [-0.25, -0.2) is 0 Å². The fraction of sp³-hybridized carbons (Fsp3) is 0.556. The van der Waals surface area contributed by atoms with Crippen LogP contribution in [-0.4, -0.2) is 28.5 Å². The first-order valence-corrected chi connectivity index (χ1v) is 5.19. The summed E-state index contributed by atoms with van der Waals surface area (Å²) >= 11 is 0. The van der Waals surface area contributed by atoms with Crippen molar-refractivity contribution in [3.63, 3.8) is 0 Å². The van der Waals surface area contributed by atoms with E-state index in [1.807, 2.05) is 13.8 Å². The Balaban J connectivity index is 3.05. The third kappa shape index (κ3) is 3.16. The first-order chi connectivity index (χ1) is 7.95. The molecule has 0 unspecified atom stereocenters. The molecule has 17 heavy (non-hydrogen) atoms. The minimum absolute atomic E-state index is 0.105. The van der Waals surface area contributed by atoms with E-state index in [1.165, 1.54) is 0 Å². The lowest BCUT2D eigenvalue weighted by Crippen LogP contribution is -2.13.